The molecule has 0 spiro atoms. The van der Waals surface area contributed by atoms with E-state index in [0.29, 0.717) is 11.5 Å². The van der Waals surface area contributed by atoms with E-state index >= 15 is 0 Å². The van der Waals surface area contributed by atoms with Crippen LogP contribution in [-0.2, 0) is 17.8 Å². The van der Waals surface area contributed by atoms with E-state index in [1.165, 1.54) is 38.5 Å². The van der Waals surface area contributed by atoms with Gasteiger partial charge in [0.15, 0.2) is 11.5 Å². The van der Waals surface area contributed by atoms with Crippen LogP contribution in [0.25, 0.3) is 11.0 Å². The minimum atomic E-state index is -0.190. The molecule has 184 valence electrons. The Morgan fingerprint density at radius 3 is 2.41 bits per heavy atom. The second-order valence-corrected chi connectivity index (χ2v) is 8.89. The fourth-order valence-corrected chi connectivity index (χ4v) is 4.42. The third-order valence-electron chi connectivity index (χ3n) is 6.25. The van der Waals surface area contributed by atoms with E-state index < -0.39 is 0 Å². The first-order valence-corrected chi connectivity index (χ1v) is 12.5. The lowest BCUT2D eigenvalue weighted by atomic mass is 10.1. The van der Waals surface area contributed by atoms with Crippen molar-refractivity contribution < 1.29 is 14.3 Å². The van der Waals surface area contributed by atoms with Crippen LogP contribution in [-0.4, -0.2) is 29.7 Å². The summed E-state index contributed by atoms with van der Waals surface area (Å²) in [6, 6.07) is 13.6. The van der Waals surface area contributed by atoms with Crippen LogP contribution in [0.3, 0.4) is 0 Å². The van der Waals surface area contributed by atoms with Crippen molar-refractivity contribution in [3.8, 4) is 11.5 Å². The maximum absolute atomic E-state index is 12.8. The van der Waals surface area contributed by atoms with Crippen molar-refractivity contribution in [1.29, 1.82) is 0 Å². The summed E-state index contributed by atoms with van der Waals surface area (Å²) < 4.78 is 12.9. The zero-order chi connectivity index (χ0) is 24.3. The normalized spacial score (nSPS) is 12.0. The van der Waals surface area contributed by atoms with Gasteiger partial charge in [0.05, 0.1) is 37.7 Å². The number of benzene rings is 2. The number of para-hydroxylation sites is 2. The molecule has 1 atom stereocenters. The van der Waals surface area contributed by atoms with Crippen LogP contribution in [0.1, 0.15) is 76.2 Å². The average molecular weight is 466 g/mol. The summed E-state index contributed by atoms with van der Waals surface area (Å²) in [4.78, 5) is 17.7. The third-order valence-corrected chi connectivity index (χ3v) is 6.25. The van der Waals surface area contributed by atoms with E-state index in [2.05, 4.69) is 28.9 Å². The van der Waals surface area contributed by atoms with Crippen LogP contribution >= 0.6 is 0 Å². The first-order valence-electron chi connectivity index (χ1n) is 12.5. The topological polar surface area (TPSA) is 65.4 Å². The number of amides is 1. The SMILES string of the molecule is CCCCCCCCCn1c(C(C)NC(=O)Cc2ccc(OC)c(OC)c2)nc2ccccc21. The number of fused-ring (bicyclic) bond motifs is 1. The molecule has 0 aliphatic carbocycles. The molecule has 2 aromatic carbocycles. The zero-order valence-electron chi connectivity index (χ0n) is 21.1. The van der Waals surface area contributed by atoms with Gasteiger partial charge in [-0.1, -0.05) is 63.6 Å². The largest absolute Gasteiger partial charge is 0.493 e. The molecular formula is C28H39N3O3. The van der Waals surface area contributed by atoms with Gasteiger partial charge in [-0.3, -0.25) is 4.79 Å². The number of carbonyl (C=O) groups excluding carboxylic acids is 1. The Morgan fingerprint density at radius 2 is 1.68 bits per heavy atom. The first-order chi connectivity index (χ1) is 16.6. The Morgan fingerprint density at radius 1 is 0.971 bits per heavy atom. The third kappa shape index (κ3) is 6.75. The number of nitrogens with one attached hydrogen (secondary N) is 1. The van der Waals surface area contributed by atoms with Crippen LogP contribution in [0, 0.1) is 0 Å². The molecule has 0 bridgehead atoms. The van der Waals surface area contributed by atoms with Gasteiger partial charge < -0.3 is 19.4 Å². The Kier molecular flexibility index (Phi) is 9.80. The number of hydrogen-bond acceptors (Lipinski definition) is 4. The lowest BCUT2D eigenvalue weighted by molar-refractivity contribution is -0.121. The molecule has 0 radical (unpaired) electrons. The second-order valence-electron chi connectivity index (χ2n) is 8.89. The number of imidazole rings is 1. The average Bonchev–Trinajstić information content (AvgIpc) is 3.22. The molecule has 1 N–H and O–H groups in total. The fourth-order valence-electron chi connectivity index (χ4n) is 4.42. The number of aromatic nitrogens is 2. The predicted molar refractivity (Wildman–Crippen MR) is 138 cm³/mol. The zero-order valence-corrected chi connectivity index (χ0v) is 21.1. The van der Waals surface area contributed by atoms with E-state index in [1.807, 2.05) is 37.3 Å². The maximum atomic E-state index is 12.8. The molecule has 3 aromatic rings. The van der Waals surface area contributed by atoms with Crippen LogP contribution < -0.4 is 14.8 Å². The molecule has 1 amide bonds. The molecule has 0 saturated heterocycles. The lowest BCUT2D eigenvalue weighted by Gasteiger charge is -2.17. The Hall–Kier alpha value is -3.02. The number of methoxy groups -OCH3 is 2. The summed E-state index contributed by atoms with van der Waals surface area (Å²) >= 11 is 0. The minimum absolute atomic E-state index is 0.0470. The van der Waals surface area contributed by atoms with Crippen molar-refractivity contribution in [3.05, 3.63) is 53.9 Å². The van der Waals surface area contributed by atoms with Gasteiger partial charge in [0.1, 0.15) is 5.82 Å². The molecule has 1 heterocycles. The smallest absolute Gasteiger partial charge is 0.224 e. The molecule has 3 rings (SSSR count). The van der Waals surface area contributed by atoms with Crippen molar-refractivity contribution in [2.75, 3.05) is 14.2 Å². The van der Waals surface area contributed by atoms with E-state index in [1.54, 1.807) is 14.2 Å². The number of nitrogens with zero attached hydrogens (tertiary/aromatic N) is 2. The summed E-state index contributed by atoms with van der Waals surface area (Å²) in [6.07, 6.45) is 9.13. The first kappa shape index (κ1) is 25.6. The molecule has 0 fully saturated rings. The van der Waals surface area contributed by atoms with Crippen molar-refractivity contribution in [2.45, 2.75) is 77.8 Å². The second kappa shape index (κ2) is 13.0. The van der Waals surface area contributed by atoms with Gasteiger partial charge in [-0.15, -0.1) is 0 Å². The van der Waals surface area contributed by atoms with Gasteiger partial charge >= 0.3 is 0 Å². The quantitative estimate of drug-likeness (QED) is 0.287. The highest BCUT2D eigenvalue weighted by Gasteiger charge is 2.19. The number of hydrogen-bond donors (Lipinski definition) is 1. The van der Waals surface area contributed by atoms with Gasteiger partial charge in [0.2, 0.25) is 5.91 Å². The highest BCUT2D eigenvalue weighted by atomic mass is 16.5. The molecule has 0 aliphatic heterocycles. The summed E-state index contributed by atoms with van der Waals surface area (Å²) in [5, 5.41) is 3.14. The molecule has 0 saturated carbocycles. The van der Waals surface area contributed by atoms with E-state index in [-0.39, 0.29) is 18.4 Å². The Labute approximate surface area is 203 Å². The number of ether oxygens (including phenoxy) is 2. The highest BCUT2D eigenvalue weighted by Crippen LogP contribution is 2.28. The Balaban J connectivity index is 1.65. The fraction of sp³-hybridized carbons (Fsp3) is 0.500. The molecule has 1 unspecified atom stereocenters. The van der Waals surface area contributed by atoms with Gasteiger partial charge in [0, 0.05) is 6.54 Å². The number of aryl methyl sites for hydroxylation is 1. The number of carbonyl (C=O) groups is 1. The van der Waals surface area contributed by atoms with Crippen molar-refractivity contribution in [3.63, 3.8) is 0 Å². The molecular weight excluding hydrogens is 426 g/mol. The standard InChI is InChI=1S/C28H39N3O3/c1-5-6-7-8-9-10-13-18-31-24-15-12-11-14-23(24)30-28(31)21(2)29-27(32)20-22-16-17-25(33-3)26(19-22)34-4/h11-12,14-17,19,21H,5-10,13,18,20H2,1-4H3,(H,29,32). The highest BCUT2D eigenvalue weighted by molar-refractivity contribution is 5.80. The summed E-state index contributed by atoms with van der Waals surface area (Å²) in [5.74, 6) is 2.14. The van der Waals surface area contributed by atoms with Crippen LogP contribution in [0.15, 0.2) is 42.5 Å². The monoisotopic (exact) mass is 465 g/mol. The summed E-state index contributed by atoms with van der Waals surface area (Å²) in [6.45, 7) is 5.17. The summed E-state index contributed by atoms with van der Waals surface area (Å²) in [7, 11) is 3.20. The predicted octanol–water partition coefficient (Wildman–Crippen LogP) is 6.22. The van der Waals surface area contributed by atoms with Crippen LogP contribution in [0.4, 0.5) is 0 Å². The number of unbranched alkanes of at least 4 members (excludes halogenated alkanes) is 6. The number of rotatable bonds is 14. The van der Waals surface area contributed by atoms with Crippen LogP contribution in [0.5, 0.6) is 11.5 Å². The van der Waals surface area contributed by atoms with Crippen LogP contribution in [0.2, 0.25) is 0 Å². The maximum Gasteiger partial charge on any atom is 0.224 e. The molecule has 6 nitrogen and oxygen atoms in total. The van der Waals surface area contributed by atoms with Gasteiger partial charge in [0.25, 0.3) is 0 Å². The van der Waals surface area contributed by atoms with Crippen molar-refractivity contribution in [1.82, 2.24) is 14.9 Å². The molecule has 6 heteroatoms. The van der Waals surface area contributed by atoms with E-state index in [0.717, 1.165) is 35.4 Å². The van der Waals surface area contributed by atoms with Crippen molar-refractivity contribution in [2.24, 2.45) is 0 Å². The molecule has 1 aromatic heterocycles. The van der Waals surface area contributed by atoms with E-state index in [9.17, 15) is 4.79 Å². The lowest BCUT2D eigenvalue weighted by Crippen LogP contribution is -2.30. The molecule has 0 aliphatic rings. The van der Waals surface area contributed by atoms with Gasteiger partial charge in [-0.2, -0.15) is 0 Å². The Bertz CT molecular complexity index is 1060. The summed E-state index contributed by atoms with van der Waals surface area (Å²) in [5.41, 5.74) is 2.98. The van der Waals surface area contributed by atoms with Crippen molar-refractivity contribution >= 4 is 16.9 Å². The minimum Gasteiger partial charge on any atom is -0.493 e. The van der Waals surface area contributed by atoms with E-state index in [4.69, 9.17) is 14.5 Å². The van der Waals surface area contributed by atoms with Gasteiger partial charge in [-0.25, -0.2) is 4.98 Å². The van der Waals surface area contributed by atoms with Gasteiger partial charge in [-0.05, 0) is 43.2 Å². The molecule has 34 heavy (non-hydrogen) atoms.